The van der Waals surface area contributed by atoms with Crippen LogP contribution in [0.4, 0.5) is 4.79 Å². The number of esters is 1. The first-order valence-corrected chi connectivity index (χ1v) is 8.50. The SMILES string of the molecule is C[C@H](OC(=O)CCNC(=O)c1ccc(Br)cc1)C(=O)N1CCNC1=O. The predicted molar refractivity (Wildman–Crippen MR) is 91.8 cm³/mol. The molecule has 1 aliphatic rings. The van der Waals surface area contributed by atoms with Crippen molar-refractivity contribution in [2.75, 3.05) is 19.6 Å². The monoisotopic (exact) mass is 411 g/mol. The first kappa shape index (κ1) is 18.9. The number of carbonyl (C=O) groups excluding carboxylic acids is 4. The zero-order valence-electron chi connectivity index (χ0n) is 13.6. The Kier molecular flexibility index (Phi) is 6.51. The van der Waals surface area contributed by atoms with E-state index in [1.54, 1.807) is 24.3 Å². The Balaban J connectivity index is 1.73. The molecule has 1 aromatic carbocycles. The van der Waals surface area contributed by atoms with Gasteiger partial charge in [0.2, 0.25) is 0 Å². The second-order valence-corrected chi connectivity index (χ2v) is 6.28. The van der Waals surface area contributed by atoms with E-state index in [9.17, 15) is 19.2 Å². The smallest absolute Gasteiger partial charge is 0.324 e. The number of amides is 4. The van der Waals surface area contributed by atoms with Crippen molar-refractivity contribution in [3.63, 3.8) is 0 Å². The third-order valence-electron chi connectivity index (χ3n) is 3.50. The van der Waals surface area contributed by atoms with Crippen LogP contribution in [0.2, 0.25) is 0 Å². The molecule has 2 N–H and O–H groups in total. The van der Waals surface area contributed by atoms with Gasteiger partial charge in [-0.1, -0.05) is 15.9 Å². The minimum atomic E-state index is -1.06. The average molecular weight is 412 g/mol. The van der Waals surface area contributed by atoms with Crippen LogP contribution in [-0.4, -0.2) is 54.5 Å². The highest BCUT2D eigenvalue weighted by molar-refractivity contribution is 9.10. The average Bonchev–Trinajstić information content (AvgIpc) is 3.00. The molecular weight excluding hydrogens is 394 g/mol. The van der Waals surface area contributed by atoms with Gasteiger partial charge < -0.3 is 15.4 Å². The lowest BCUT2D eigenvalue weighted by Crippen LogP contribution is -2.42. The van der Waals surface area contributed by atoms with Crippen molar-refractivity contribution in [1.29, 1.82) is 0 Å². The van der Waals surface area contributed by atoms with Crippen molar-refractivity contribution in [2.45, 2.75) is 19.4 Å². The zero-order valence-corrected chi connectivity index (χ0v) is 15.2. The molecule has 134 valence electrons. The molecule has 0 spiro atoms. The third-order valence-corrected chi connectivity index (χ3v) is 4.03. The molecule has 0 saturated carbocycles. The number of urea groups is 1. The first-order valence-electron chi connectivity index (χ1n) is 7.71. The molecule has 25 heavy (non-hydrogen) atoms. The number of hydrogen-bond donors (Lipinski definition) is 2. The molecule has 1 fully saturated rings. The van der Waals surface area contributed by atoms with E-state index in [4.69, 9.17) is 4.74 Å². The summed E-state index contributed by atoms with van der Waals surface area (Å²) < 4.78 is 5.87. The largest absolute Gasteiger partial charge is 0.452 e. The van der Waals surface area contributed by atoms with Crippen LogP contribution < -0.4 is 10.6 Å². The van der Waals surface area contributed by atoms with Crippen LogP contribution in [0.1, 0.15) is 23.7 Å². The minimum absolute atomic E-state index is 0.0773. The van der Waals surface area contributed by atoms with Gasteiger partial charge in [-0.05, 0) is 31.2 Å². The first-order chi connectivity index (χ1) is 11.9. The molecule has 4 amide bonds. The van der Waals surface area contributed by atoms with Crippen molar-refractivity contribution in [3.8, 4) is 0 Å². The Morgan fingerprint density at radius 1 is 1.32 bits per heavy atom. The Labute approximate surface area is 153 Å². The Morgan fingerprint density at radius 2 is 2.00 bits per heavy atom. The number of nitrogens with zero attached hydrogens (tertiary/aromatic N) is 1. The van der Waals surface area contributed by atoms with Crippen LogP contribution in [-0.2, 0) is 14.3 Å². The number of halogens is 1. The molecule has 1 saturated heterocycles. The quantitative estimate of drug-likeness (QED) is 0.680. The van der Waals surface area contributed by atoms with Crippen LogP contribution in [0.5, 0.6) is 0 Å². The minimum Gasteiger partial charge on any atom is -0.452 e. The van der Waals surface area contributed by atoms with Gasteiger partial charge in [-0.2, -0.15) is 0 Å². The van der Waals surface area contributed by atoms with Crippen molar-refractivity contribution in [3.05, 3.63) is 34.3 Å². The standard InChI is InChI=1S/C16H18BrN3O5/c1-10(15(23)20-9-8-19-16(20)24)25-13(21)6-7-18-14(22)11-2-4-12(17)5-3-11/h2-5,10H,6-9H2,1H3,(H,18,22)(H,19,24)/t10-/m0/s1. The lowest BCUT2D eigenvalue weighted by molar-refractivity contribution is -0.157. The van der Waals surface area contributed by atoms with Crippen LogP contribution in [0.15, 0.2) is 28.7 Å². The summed E-state index contributed by atoms with van der Waals surface area (Å²) in [5.74, 6) is -1.50. The van der Waals surface area contributed by atoms with Gasteiger partial charge in [0, 0.05) is 29.7 Å². The van der Waals surface area contributed by atoms with Crippen molar-refractivity contribution in [1.82, 2.24) is 15.5 Å². The van der Waals surface area contributed by atoms with Gasteiger partial charge in [-0.3, -0.25) is 19.3 Å². The molecule has 1 aromatic rings. The normalized spacial score (nSPS) is 14.6. The van der Waals surface area contributed by atoms with E-state index >= 15 is 0 Å². The molecule has 2 rings (SSSR count). The summed E-state index contributed by atoms with van der Waals surface area (Å²) in [6.45, 7) is 2.13. The van der Waals surface area contributed by atoms with Gasteiger partial charge in [0.05, 0.1) is 6.42 Å². The number of carbonyl (C=O) groups is 4. The van der Waals surface area contributed by atoms with E-state index in [-0.39, 0.29) is 25.4 Å². The topological polar surface area (TPSA) is 105 Å². The number of ether oxygens (including phenoxy) is 1. The molecule has 1 aliphatic heterocycles. The number of nitrogens with one attached hydrogen (secondary N) is 2. The molecule has 0 bridgehead atoms. The van der Waals surface area contributed by atoms with Gasteiger partial charge in [0.15, 0.2) is 6.10 Å². The van der Waals surface area contributed by atoms with Gasteiger partial charge in [-0.25, -0.2) is 4.79 Å². The van der Waals surface area contributed by atoms with E-state index in [1.165, 1.54) is 6.92 Å². The van der Waals surface area contributed by atoms with Crippen molar-refractivity contribution in [2.24, 2.45) is 0 Å². The maximum atomic E-state index is 12.0. The van der Waals surface area contributed by atoms with E-state index in [1.807, 2.05) is 0 Å². The predicted octanol–water partition coefficient (Wildman–Crippen LogP) is 1.05. The molecule has 1 heterocycles. The lowest BCUT2D eigenvalue weighted by atomic mass is 10.2. The number of imide groups is 1. The molecule has 8 nitrogen and oxygen atoms in total. The Hall–Kier alpha value is -2.42. The Morgan fingerprint density at radius 3 is 2.60 bits per heavy atom. The number of rotatable bonds is 6. The molecule has 0 aliphatic carbocycles. The summed E-state index contributed by atoms with van der Waals surface area (Å²) in [7, 11) is 0. The summed E-state index contributed by atoms with van der Waals surface area (Å²) in [6.07, 6.45) is -1.13. The molecule has 0 unspecified atom stereocenters. The van der Waals surface area contributed by atoms with Crippen LogP contribution >= 0.6 is 15.9 Å². The maximum absolute atomic E-state index is 12.0. The van der Waals surface area contributed by atoms with Crippen LogP contribution in [0, 0.1) is 0 Å². The van der Waals surface area contributed by atoms with E-state index in [0.717, 1.165) is 9.37 Å². The maximum Gasteiger partial charge on any atom is 0.324 e. The van der Waals surface area contributed by atoms with Crippen molar-refractivity contribution >= 4 is 39.7 Å². The second-order valence-electron chi connectivity index (χ2n) is 5.37. The Bertz CT molecular complexity index is 677. The summed E-state index contributed by atoms with van der Waals surface area (Å²) in [5.41, 5.74) is 0.472. The second kappa shape index (κ2) is 8.61. The fraction of sp³-hybridized carbons (Fsp3) is 0.375. The summed E-state index contributed by atoms with van der Waals surface area (Å²) in [4.78, 5) is 48.1. The summed E-state index contributed by atoms with van der Waals surface area (Å²) in [6, 6.07) is 6.30. The summed E-state index contributed by atoms with van der Waals surface area (Å²) >= 11 is 3.28. The van der Waals surface area contributed by atoms with E-state index < -0.39 is 24.0 Å². The van der Waals surface area contributed by atoms with Gasteiger partial charge in [0.1, 0.15) is 0 Å². The third kappa shape index (κ3) is 5.28. The van der Waals surface area contributed by atoms with E-state index in [2.05, 4.69) is 26.6 Å². The number of benzene rings is 1. The van der Waals surface area contributed by atoms with E-state index in [0.29, 0.717) is 12.1 Å². The van der Waals surface area contributed by atoms with Crippen LogP contribution in [0.25, 0.3) is 0 Å². The van der Waals surface area contributed by atoms with Gasteiger partial charge in [0.25, 0.3) is 11.8 Å². The zero-order chi connectivity index (χ0) is 18.4. The van der Waals surface area contributed by atoms with Crippen LogP contribution in [0.3, 0.4) is 0 Å². The van der Waals surface area contributed by atoms with Gasteiger partial charge >= 0.3 is 12.0 Å². The fourth-order valence-corrected chi connectivity index (χ4v) is 2.45. The van der Waals surface area contributed by atoms with Crippen molar-refractivity contribution < 1.29 is 23.9 Å². The highest BCUT2D eigenvalue weighted by Gasteiger charge is 2.31. The molecular formula is C16H18BrN3O5. The molecule has 0 aromatic heterocycles. The molecule has 0 radical (unpaired) electrons. The number of hydrogen-bond acceptors (Lipinski definition) is 5. The van der Waals surface area contributed by atoms with Gasteiger partial charge in [-0.15, -0.1) is 0 Å². The fourth-order valence-electron chi connectivity index (χ4n) is 2.19. The highest BCUT2D eigenvalue weighted by Crippen LogP contribution is 2.10. The molecule has 9 heteroatoms. The summed E-state index contributed by atoms with van der Waals surface area (Å²) in [5, 5.41) is 5.10. The lowest BCUT2D eigenvalue weighted by Gasteiger charge is -2.18. The molecule has 1 atom stereocenters. The highest BCUT2D eigenvalue weighted by atomic mass is 79.9.